The second-order valence-electron chi connectivity index (χ2n) is 24.8. The molecule has 1 aliphatic heterocycles. The van der Waals surface area contributed by atoms with E-state index in [2.05, 4.69) is 102 Å². The van der Waals surface area contributed by atoms with E-state index in [0.717, 1.165) is 36.0 Å². The molecule has 0 aliphatic carbocycles. The first-order valence-corrected chi connectivity index (χ1v) is 31.0. The van der Waals surface area contributed by atoms with Crippen molar-refractivity contribution in [2.24, 2.45) is 9.98 Å². The van der Waals surface area contributed by atoms with Crippen LogP contribution in [0.5, 0.6) is 0 Å². The summed E-state index contributed by atoms with van der Waals surface area (Å²) in [6, 6.07) is 15.8. The van der Waals surface area contributed by atoms with Crippen LogP contribution in [0.4, 0.5) is 117 Å². The van der Waals surface area contributed by atoms with Gasteiger partial charge in [-0.3, -0.25) is 20.0 Å². The van der Waals surface area contributed by atoms with E-state index < -0.39 is 195 Å². The van der Waals surface area contributed by atoms with Crippen LogP contribution in [0.2, 0.25) is 0 Å². The molecule has 0 N–H and O–H groups in total. The number of nitrogens with zero attached hydrogens (tertiary/aromatic N) is 4. The summed E-state index contributed by atoms with van der Waals surface area (Å²) < 4.78 is 346. The van der Waals surface area contributed by atoms with Gasteiger partial charge in [0.2, 0.25) is 0 Å². The Balaban J connectivity index is 0.000000332. The van der Waals surface area contributed by atoms with Gasteiger partial charge in [0.1, 0.15) is 6.15 Å². The zero-order chi connectivity index (χ0) is 76.5. The third-order valence-corrected chi connectivity index (χ3v) is 16.0. The molecular weight excluding hydrogens is 1460 g/mol. The van der Waals surface area contributed by atoms with Crippen molar-refractivity contribution in [1.29, 1.82) is 0 Å². The molecule has 0 unspecified atom stereocenters. The number of halogens is 24. The van der Waals surface area contributed by atoms with E-state index in [1.807, 2.05) is 48.8 Å². The van der Waals surface area contributed by atoms with Gasteiger partial charge in [0, 0.05) is 42.7 Å². The SMILES string of the molecule is C1CCOC1.CC(C)c1cccc(C(C)C)c1N=Cc1ccccn1.CC(C)c1cccc(C(C)C)c1N=Cc1ccccn1.FC(F)(F)c1cc([B-](c2cc(C(F)(F)F)cc(C(F)(F)F)c2)(c2cc(C(F)(F)F)cc(C(F)(F)F)c2)c2cc(C(F)(F)F)cc(C(F)(F)F)c2)cc(C(F)(F)F)c1.[Mn]. The van der Waals surface area contributed by atoms with Crippen LogP contribution in [0.25, 0.3) is 0 Å². The molecule has 0 amide bonds. The van der Waals surface area contributed by atoms with Crippen molar-refractivity contribution in [2.75, 3.05) is 13.2 Å². The van der Waals surface area contributed by atoms with E-state index in [0.29, 0.717) is 23.7 Å². The number of ether oxygens (including phenoxy) is 1. The van der Waals surface area contributed by atoms with Crippen molar-refractivity contribution in [3.8, 4) is 0 Å². The standard InChI is InChI=1S/C32H12BF24.2C18H22N2.C4H8O.Mn/c34-25(35,36)13-1-14(26(37,38)39)6-21(5-13)33(22-7-15(27(40,41)42)2-16(8-22)28(43,44)45,23-9-17(29(46,47)48)3-18(10-23)30(49,50)51)24-11-19(31(52,53)54)4-20(12-24)32(55,56)57;2*1-13(2)16-9-7-10-17(14(3)4)18(16)20-12-15-8-5-6-11-19-15;1-2-4-5-3-1;/h1-12H;2*5-14H,1-4H3;1-4H2;/q-1;;;;. The fraction of sp³-hybridized carbons (Fsp3) is 0.333. The molecule has 1 saturated heterocycles. The minimum absolute atomic E-state index is 0. The first-order valence-electron chi connectivity index (χ1n) is 31.0. The molecule has 103 heavy (non-hydrogen) atoms. The molecule has 1 fully saturated rings. The molecule has 557 valence electrons. The van der Waals surface area contributed by atoms with Crippen LogP contribution in [0.3, 0.4) is 0 Å². The van der Waals surface area contributed by atoms with Gasteiger partial charge in [0.15, 0.2) is 0 Å². The van der Waals surface area contributed by atoms with Gasteiger partial charge in [-0.15, -0.1) is 0 Å². The Hall–Kier alpha value is -8.18. The molecule has 5 nitrogen and oxygen atoms in total. The largest absolute Gasteiger partial charge is 0.416 e. The molecule has 0 spiro atoms. The third kappa shape index (κ3) is 22.7. The van der Waals surface area contributed by atoms with Gasteiger partial charge in [-0.1, -0.05) is 152 Å². The minimum Gasteiger partial charge on any atom is -0.381 e. The number of aromatic nitrogens is 2. The van der Waals surface area contributed by atoms with Crippen molar-refractivity contribution in [3.05, 3.63) is 236 Å². The Morgan fingerprint density at radius 3 is 0.689 bits per heavy atom. The molecule has 1 radical (unpaired) electrons. The fourth-order valence-electron chi connectivity index (χ4n) is 11.1. The van der Waals surface area contributed by atoms with Crippen molar-refractivity contribution >= 4 is 51.8 Å². The van der Waals surface area contributed by atoms with Crippen LogP contribution in [0.1, 0.15) is 170 Å². The minimum atomic E-state index is -6.13. The Morgan fingerprint density at radius 2 is 0.534 bits per heavy atom. The van der Waals surface area contributed by atoms with Gasteiger partial charge in [-0.25, -0.2) is 0 Å². The number of hydrogen-bond donors (Lipinski definition) is 0. The molecular formula is C72H64BF24MnN4O-. The molecule has 9 rings (SSSR count). The average molecular weight is 1520 g/mol. The Kier molecular flexibility index (Phi) is 28.0. The number of aliphatic imine (C=N–C) groups is 2. The van der Waals surface area contributed by atoms with Crippen LogP contribution >= 0.6 is 0 Å². The van der Waals surface area contributed by atoms with Crippen molar-refractivity contribution in [3.63, 3.8) is 0 Å². The summed E-state index contributed by atoms with van der Waals surface area (Å²) in [6.45, 7) is 19.7. The topological polar surface area (TPSA) is 59.7 Å². The van der Waals surface area contributed by atoms with Gasteiger partial charge in [-0.05, 0) is 107 Å². The Labute approximate surface area is 587 Å². The molecule has 3 heterocycles. The maximum Gasteiger partial charge on any atom is 0.416 e. The summed E-state index contributed by atoms with van der Waals surface area (Å²) >= 11 is 0. The van der Waals surface area contributed by atoms with Crippen molar-refractivity contribution in [2.45, 2.75) is 141 Å². The monoisotopic (exact) mass is 1520 g/mol. The Bertz CT molecular complexity index is 3560. The number of benzene rings is 6. The molecule has 0 atom stereocenters. The predicted octanol–water partition coefficient (Wildman–Crippen LogP) is 22.2. The number of hydrogen-bond acceptors (Lipinski definition) is 5. The summed E-state index contributed by atoms with van der Waals surface area (Å²) in [7, 11) is 0. The maximum atomic E-state index is 14.2. The zero-order valence-electron chi connectivity index (χ0n) is 55.5. The van der Waals surface area contributed by atoms with Crippen LogP contribution in [-0.2, 0) is 71.2 Å². The molecule has 0 bridgehead atoms. The van der Waals surface area contributed by atoms with Crippen LogP contribution in [-0.4, -0.2) is 41.8 Å². The van der Waals surface area contributed by atoms with E-state index in [1.165, 1.54) is 35.1 Å². The van der Waals surface area contributed by atoms with E-state index in [9.17, 15) is 105 Å². The second-order valence-corrected chi connectivity index (χ2v) is 24.8. The van der Waals surface area contributed by atoms with Crippen LogP contribution in [0.15, 0.2) is 168 Å². The smallest absolute Gasteiger partial charge is 0.381 e. The summed E-state index contributed by atoms with van der Waals surface area (Å²) in [5, 5.41) is 0. The molecule has 31 heteroatoms. The summed E-state index contributed by atoms with van der Waals surface area (Å²) in [5.41, 5.74) is -21.0. The number of rotatable bonds is 12. The predicted molar refractivity (Wildman–Crippen MR) is 342 cm³/mol. The van der Waals surface area contributed by atoms with Gasteiger partial charge < -0.3 is 4.74 Å². The molecule has 6 aromatic carbocycles. The molecule has 0 saturated carbocycles. The first-order chi connectivity index (χ1) is 46.9. The van der Waals surface area contributed by atoms with Crippen molar-refractivity contribution in [1.82, 2.24) is 9.97 Å². The number of para-hydroxylation sites is 2. The third-order valence-electron chi connectivity index (χ3n) is 16.0. The first kappa shape index (κ1) is 85.5. The fourth-order valence-corrected chi connectivity index (χ4v) is 11.1. The van der Waals surface area contributed by atoms with Gasteiger partial charge in [-0.2, -0.15) is 127 Å². The summed E-state index contributed by atoms with van der Waals surface area (Å²) in [6.07, 6.45) is -45.0. The van der Waals surface area contributed by atoms with E-state index in [-0.39, 0.29) is 17.1 Å². The normalized spacial score (nSPS) is 13.6. The zero-order valence-corrected chi connectivity index (χ0v) is 56.7. The molecule has 1 aliphatic rings. The van der Waals surface area contributed by atoms with Crippen molar-refractivity contribution < 1.29 is 127 Å². The Morgan fingerprint density at radius 1 is 0.320 bits per heavy atom. The maximum absolute atomic E-state index is 14.2. The van der Waals surface area contributed by atoms with Gasteiger partial charge >= 0.3 is 49.4 Å². The molecule has 2 aromatic heterocycles. The van der Waals surface area contributed by atoms with Gasteiger partial charge in [0.25, 0.3) is 0 Å². The van der Waals surface area contributed by atoms with E-state index in [4.69, 9.17) is 14.7 Å². The van der Waals surface area contributed by atoms with Gasteiger partial charge in [0.05, 0.1) is 79.7 Å². The second kappa shape index (κ2) is 33.7. The number of alkyl halides is 24. The quantitative estimate of drug-likeness (QED) is 0.0696. The van der Waals surface area contributed by atoms with E-state index in [1.54, 1.807) is 12.4 Å². The van der Waals surface area contributed by atoms with E-state index >= 15 is 0 Å². The molecule has 8 aromatic rings. The summed E-state index contributed by atoms with van der Waals surface area (Å²) in [5.74, 6) is 1.85. The average Bonchev–Trinajstić information content (AvgIpc) is 1.08. The van der Waals surface area contributed by atoms with Crippen LogP contribution in [0, 0.1) is 0 Å². The summed E-state index contributed by atoms with van der Waals surface area (Å²) in [4.78, 5) is 18.0. The number of pyridine rings is 2. The van der Waals surface area contributed by atoms with Crippen LogP contribution < -0.4 is 21.9 Å².